The molecule has 0 bridgehead atoms. The van der Waals surface area contributed by atoms with Gasteiger partial charge >= 0.3 is 0 Å². The van der Waals surface area contributed by atoms with Crippen LogP contribution >= 0.6 is 0 Å². The zero-order valence-electron chi connectivity index (χ0n) is 7.47. The van der Waals surface area contributed by atoms with E-state index in [0.29, 0.717) is 11.5 Å². The molecule has 0 amide bonds. The molecule has 1 N–H and O–H groups in total. The minimum atomic E-state index is 0.255. The van der Waals surface area contributed by atoms with Crippen molar-refractivity contribution in [2.45, 2.75) is 39.2 Å². The lowest BCUT2D eigenvalue weighted by Crippen LogP contribution is -2.31. The maximum Gasteiger partial charge on any atom is 0.0597 e. The molecule has 2 nitrogen and oxygen atoms in total. The molecule has 1 fully saturated rings. The summed E-state index contributed by atoms with van der Waals surface area (Å²) in [5.74, 6) is 0. The lowest BCUT2D eigenvalue weighted by molar-refractivity contribution is -0.0563. The molecule has 1 saturated heterocycles. The summed E-state index contributed by atoms with van der Waals surface area (Å²) in [7, 11) is 0. The second-order valence-electron chi connectivity index (χ2n) is 4.15. The number of rotatable bonds is 2. The van der Waals surface area contributed by atoms with Crippen molar-refractivity contribution in [3.05, 3.63) is 0 Å². The third-order valence-electron chi connectivity index (χ3n) is 2.30. The first-order valence-electron chi connectivity index (χ1n) is 4.36. The molecular formula is C9H18O2. The number of hydrogen-bond acceptors (Lipinski definition) is 2. The van der Waals surface area contributed by atoms with Gasteiger partial charge in [-0.05, 0) is 24.7 Å². The molecule has 11 heavy (non-hydrogen) atoms. The van der Waals surface area contributed by atoms with Crippen molar-refractivity contribution in [2.24, 2.45) is 5.41 Å². The highest BCUT2D eigenvalue weighted by atomic mass is 16.5. The van der Waals surface area contributed by atoms with E-state index in [1.807, 2.05) is 0 Å². The molecule has 1 heterocycles. The lowest BCUT2D eigenvalue weighted by atomic mass is 9.85. The molecule has 1 aliphatic heterocycles. The summed E-state index contributed by atoms with van der Waals surface area (Å²) in [6, 6.07) is 0. The van der Waals surface area contributed by atoms with Gasteiger partial charge in [0.25, 0.3) is 0 Å². The van der Waals surface area contributed by atoms with E-state index in [2.05, 4.69) is 13.8 Å². The Morgan fingerprint density at radius 2 is 2.27 bits per heavy atom. The Kier molecular flexibility index (Phi) is 2.90. The van der Waals surface area contributed by atoms with Gasteiger partial charge in [0.1, 0.15) is 0 Å². The highest BCUT2D eigenvalue weighted by Crippen LogP contribution is 2.30. The van der Waals surface area contributed by atoms with Gasteiger partial charge in [-0.3, -0.25) is 0 Å². The minimum Gasteiger partial charge on any atom is -0.396 e. The average molecular weight is 158 g/mol. The second-order valence-corrected chi connectivity index (χ2v) is 4.15. The van der Waals surface area contributed by atoms with Crippen LogP contribution in [0.3, 0.4) is 0 Å². The standard InChI is InChI=1S/C9H18O2/c1-9(2)5-3-8(4-6-10)11-7-9/h8,10H,3-7H2,1-2H3/t8-/m0/s1. The van der Waals surface area contributed by atoms with Crippen LogP contribution in [0, 0.1) is 5.41 Å². The summed E-state index contributed by atoms with van der Waals surface area (Å²) in [6.07, 6.45) is 3.44. The van der Waals surface area contributed by atoms with Crippen molar-refractivity contribution < 1.29 is 9.84 Å². The van der Waals surface area contributed by atoms with Gasteiger partial charge in [-0.2, -0.15) is 0 Å². The van der Waals surface area contributed by atoms with E-state index in [9.17, 15) is 0 Å². The van der Waals surface area contributed by atoms with Gasteiger partial charge in [0.05, 0.1) is 12.7 Å². The fraction of sp³-hybridized carbons (Fsp3) is 1.00. The maximum atomic E-state index is 8.67. The molecule has 0 spiro atoms. The van der Waals surface area contributed by atoms with Crippen molar-refractivity contribution in [3.63, 3.8) is 0 Å². The summed E-state index contributed by atoms with van der Waals surface area (Å²) in [6.45, 7) is 5.55. The molecule has 0 unspecified atom stereocenters. The molecule has 0 radical (unpaired) electrons. The van der Waals surface area contributed by atoms with Crippen LogP contribution in [0.5, 0.6) is 0 Å². The van der Waals surface area contributed by atoms with Crippen molar-refractivity contribution in [1.29, 1.82) is 0 Å². The Morgan fingerprint density at radius 1 is 1.55 bits per heavy atom. The van der Waals surface area contributed by atoms with Crippen LogP contribution in [0.1, 0.15) is 33.1 Å². The van der Waals surface area contributed by atoms with Gasteiger partial charge in [0.2, 0.25) is 0 Å². The number of ether oxygens (including phenoxy) is 1. The largest absolute Gasteiger partial charge is 0.396 e. The van der Waals surface area contributed by atoms with E-state index in [4.69, 9.17) is 9.84 Å². The smallest absolute Gasteiger partial charge is 0.0597 e. The Balaban J connectivity index is 2.25. The van der Waals surface area contributed by atoms with E-state index in [-0.39, 0.29) is 6.61 Å². The van der Waals surface area contributed by atoms with E-state index in [1.54, 1.807) is 0 Å². The molecule has 2 heteroatoms. The predicted octanol–water partition coefficient (Wildman–Crippen LogP) is 1.57. The van der Waals surface area contributed by atoms with Gasteiger partial charge in [0, 0.05) is 6.61 Å². The van der Waals surface area contributed by atoms with Gasteiger partial charge in [0.15, 0.2) is 0 Å². The molecule has 1 aliphatic rings. The number of hydrogen-bond donors (Lipinski definition) is 1. The first-order chi connectivity index (χ1) is 5.14. The highest BCUT2D eigenvalue weighted by molar-refractivity contribution is 4.76. The van der Waals surface area contributed by atoms with E-state index in [1.165, 1.54) is 6.42 Å². The maximum absolute atomic E-state index is 8.67. The monoisotopic (exact) mass is 158 g/mol. The zero-order chi connectivity index (χ0) is 8.32. The fourth-order valence-corrected chi connectivity index (χ4v) is 1.42. The third-order valence-corrected chi connectivity index (χ3v) is 2.30. The van der Waals surface area contributed by atoms with Crippen molar-refractivity contribution >= 4 is 0 Å². The summed E-state index contributed by atoms with van der Waals surface area (Å²) < 4.78 is 5.57. The first-order valence-corrected chi connectivity index (χ1v) is 4.36. The zero-order valence-corrected chi connectivity index (χ0v) is 7.47. The van der Waals surface area contributed by atoms with Crippen molar-refractivity contribution in [1.82, 2.24) is 0 Å². The van der Waals surface area contributed by atoms with E-state index < -0.39 is 0 Å². The van der Waals surface area contributed by atoms with Crippen LogP contribution in [-0.2, 0) is 4.74 Å². The average Bonchev–Trinajstić information content (AvgIpc) is 1.94. The second kappa shape index (κ2) is 3.55. The van der Waals surface area contributed by atoms with Crippen LogP contribution in [0.25, 0.3) is 0 Å². The van der Waals surface area contributed by atoms with E-state index >= 15 is 0 Å². The van der Waals surface area contributed by atoms with Crippen molar-refractivity contribution in [2.75, 3.05) is 13.2 Å². The van der Waals surface area contributed by atoms with Gasteiger partial charge in [-0.25, -0.2) is 0 Å². The molecule has 66 valence electrons. The molecule has 0 aromatic rings. The summed E-state index contributed by atoms with van der Waals surface area (Å²) >= 11 is 0. The molecular weight excluding hydrogens is 140 g/mol. The van der Waals surface area contributed by atoms with Gasteiger partial charge in [-0.1, -0.05) is 13.8 Å². The number of aliphatic hydroxyl groups excluding tert-OH is 1. The summed E-state index contributed by atoms with van der Waals surface area (Å²) in [5.41, 5.74) is 0.353. The van der Waals surface area contributed by atoms with Crippen LogP contribution in [0.2, 0.25) is 0 Å². The predicted molar refractivity (Wildman–Crippen MR) is 44.5 cm³/mol. The molecule has 0 aliphatic carbocycles. The van der Waals surface area contributed by atoms with Crippen LogP contribution in [-0.4, -0.2) is 24.4 Å². The SMILES string of the molecule is CC1(C)CC[C@@H](CCO)OC1. The third kappa shape index (κ3) is 2.80. The van der Waals surface area contributed by atoms with E-state index in [0.717, 1.165) is 19.4 Å². The normalized spacial score (nSPS) is 30.3. The first kappa shape index (κ1) is 9.01. The lowest BCUT2D eigenvalue weighted by Gasteiger charge is -2.34. The van der Waals surface area contributed by atoms with Gasteiger partial charge in [-0.15, -0.1) is 0 Å². The quantitative estimate of drug-likeness (QED) is 0.661. The van der Waals surface area contributed by atoms with Gasteiger partial charge < -0.3 is 9.84 Å². The fourth-order valence-electron chi connectivity index (χ4n) is 1.42. The Bertz CT molecular complexity index is 111. The summed E-state index contributed by atoms with van der Waals surface area (Å²) in [4.78, 5) is 0. The molecule has 1 atom stereocenters. The molecule has 0 aromatic carbocycles. The van der Waals surface area contributed by atoms with Crippen LogP contribution in [0.4, 0.5) is 0 Å². The highest BCUT2D eigenvalue weighted by Gasteiger charge is 2.26. The Labute approximate surface area is 68.6 Å². The Morgan fingerprint density at radius 3 is 2.73 bits per heavy atom. The number of aliphatic hydroxyl groups is 1. The Hall–Kier alpha value is -0.0800. The van der Waals surface area contributed by atoms with Crippen LogP contribution in [0.15, 0.2) is 0 Å². The minimum absolute atomic E-state index is 0.255. The van der Waals surface area contributed by atoms with Crippen LogP contribution < -0.4 is 0 Å². The summed E-state index contributed by atoms with van der Waals surface area (Å²) in [5, 5.41) is 8.67. The topological polar surface area (TPSA) is 29.5 Å². The van der Waals surface area contributed by atoms with Crippen molar-refractivity contribution in [3.8, 4) is 0 Å². The molecule has 0 aromatic heterocycles. The molecule has 1 rings (SSSR count). The molecule has 0 saturated carbocycles.